The van der Waals surface area contributed by atoms with E-state index in [9.17, 15) is 15.3 Å². The maximum Gasteiger partial charge on any atom is 3.00 e. The molecule has 0 saturated heterocycles. The molecule has 0 rings (SSSR count). The van der Waals surface area contributed by atoms with Gasteiger partial charge in [0, 0.05) is 0 Å². The van der Waals surface area contributed by atoms with Crippen LogP contribution in [-0.4, -0.2) is 19.8 Å². The fourth-order valence-corrected chi connectivity index (χ4v) is 0. The summed E-state index contributed by atoms with van der Waals surface area (Å²) in [7, 11) is 0. The van der Waals surface area contributed by atoms with Gasteiger partial charge in [0.1, 0.15) is 0 Å². The predicted octanol–water partition coefficient (Wildman–Crippen LogP) is -0.730. The van der Waals surface area contributed by atoms with Crippen LogP contribution in [0.1, 0.15) is 40.0 Å². The van der Waals surface area contributed by atoms with Crippen LogP contribution in [0.4, 0.5) is 0 Å². The van der Waals surface area contributed by atoms with Crippen LogP contribution in [0.3, 0.4) is 0 Å². The molecule has 0 aromatic rings. The standard InChI is InChI=1S/3C3H7O.Tm/c3*1-2-3-4;/h3*2-3H2,1H3;/q3*-1;+3. The van der Waals surface area contributed by atoms with Crippen molar-refractivity contribution in [2.24, 2.45) is 0 Å². The van der Waals surface area contributed by atoms with Gasteiger partial charge in [-0.3, -0.25) is 0 Å². The van der Waals surface area contributed by atoms with E-state index in [4.69, 9.17) is 0 Å². The quantitative estimate of drug-likeness (QED) is 0.677. The van der Waals surface area contributed by atoms with Crippen LogP contribution in [0, 0.1) is 36.9 Å². The molecule has 0 saturated carbocycles. The second-order valence-electron chi connectivity index (χ2n) is 2.11. The Morgan fingerprint density at radius 2 is 0.692 bits per heavy atom. The summed E-state index contributed by atoms with van der Waals surface area (Å²) in [6.07, 6.45) is 2.29. The molecular formula is C9H21O3Tm. The molecule has 0 aliphatic heterocycles. The van der Waals surface area contributed by atoms with Crippen molar-refractivity contribution in [3.05, 3.63) is 0 Å². The van der Waals surface area contributed by atoms with Crippen LogP contribution < -0.4 is 15.3 Å². The number of hydrogen-bond donors (Lipinski definition) is 0. The van der Waals surface area contributed by atoms with Crippen LogP contribution in [0.2, 0.25) is 0 Å². The molecular weight excluding hydrogens is 325 g/mol. The Bertz CT molecular complexity index is 30.3. The van der Waals surface area contributed by atoms with Crippen LogP contribution in [0.5, 0.6) is 0 Å². The first-order valence-corrected chi connectivity index (χ1v) is 4.49. The van der Waals surface area contributed by atoms with Crippen molar-refractivity contribution in [2.45, 2.75) is 40.0 Å². The van der Waals surface area contributed by atoms with E-state index in [1.807, 2.05) is 20.8 Å². The summed E-state index contributed by atoms with van der Waals surface area (Å²) >= 11 is 0. The van der Waals surface area contributed by atoms with Crippen molar-refractivity contribution < 1.29 is 52.2 Å². The molecule has 0 aliphatic carbocycles. The minimum absolute atomic E-state index is 0. The van der Waals surface area contributed by atoms with E-state index in [0.717, 1.165) is 19.3 Å². The average Bonchev–Trinajstić information content (AvgIpc) is 2.18. The van der Waals surface area contributed by atoms with Gasteiger partial charge in [0.15, 0.2) is 0 Å². The van der Waals surface area contributed by atoms with Gasteiger partial charge in [0.2, 0.25) is 0 Å². The molecule has 0 N–H and O–H groups in total. The summed E-state index contributed by atoms with van der Waals surface area (Å²) in [5.41, 5.74) is 0. The van der Waals surface area contributed by atoms with E-state index in [0.29, 0.717) is 0 Å². The van der Waals surface area contributed by atoms with Gasteiger partial charge >= 0.3 is 36.9 Å². The van der Waals surface area contributed by atoms with Crippen LogP contribution in [-0.2, 0) is 0 Å². The molecule has 13 heavy (non-hydrogen) atoms. The van der Waals surface area contributed by atoms with Gasteiger partial charge in [-0.2, -0.15) is 0 Å². The molecule has 0 aromatic heterocycles. The summed E-state index contributed by atoms with van der Waals surface area (Å²) < 4.78 is 0. The Hall–Kier alpha value is 1.11. The first-order chi connectivity index (χ1) is 5.74. The van der Waals surface area contributed by atoms with Gasteiger partial charge in [0.25, 0.3) is 0 Å². The van der Waals surface area contributed by atoms with Gasteiger partial charge in [0.05, 0.1) is 0 Å². The van der Waals surface area contributed by atoms with E-state index < -0.39 is 0 Å². The normalized spacial score (nSPS) is 6.92. The molecule has 3 nitrogen and oxygen atoms in total. The van der Waals surface area contributed by atoms with E-state index in [-0.39, 0.29) is 56.7 Å². The molecule has 4 heteroatoms. The van der Waals surface area contributed by atoms with Gasteiger partial charge < -0.3 is 15.3 Å². The smallest absolute Gasteiger partial charge is 0.854 e. The van der Waals surface area contributed by atoms with Gasteiger partial charge in [-0.1, -0.05) is 40.0 Å². The molecule has 0 aliphatic rings. The summed E-state index contributed by atoms with van der Waals surface area (Å²) in [5.74, 6) is 0. The van der Waals surface area contributed by atoms with Crippen LogP contribution in [0.25, 0.3) is 0 Å². The van der Waals surface area contributed by atoms with E-state index in [1.165, 1.54) is 0 Å². The fraction of sp³-hybridized carbons (Fsp3) is 1.00. The minimum Gasteiger partial charge on any atom is -0.854 e. The maximum absolute atomic E-state index is 9.30. The monoisotopic (exact) mass is 346 g/mol. The van der Waals surface area contributed by atoms with Crippen LogP contribution >= 0.6 is 0 Å². The predicted molar refractivity (Wildman–Crippen MR) is 45.5 cm³/mol. The summed E-state index contributed by atoms with van der Waals surface area (Å²) in [5, 5.41) is 27.9. The third-order valence-electron chi connectivity index (χ3n) is 0.612. The molecule has 0 bridgehead atoms. The Morgan fingerprint density at radius 3 is 0.692 bits per heavy atom. The van der Waals surface area contributed by atoms with Gasteiger partial charge in [-0.15, -0.1) is 19.8 Å². The molecule has 0 heterocycles. The minimum atomic E-state index is 0. The first kappa shape index (κ1) is 23.7. The number of hydrogen-bond acceptors (Lipinski definition) is 3. The zero-order valence-electron chi connectivity index (χ0n) is 8.74. The number of rotatable bonds is 3. The largest absolute Gasteiger partial charge is 3.00 e. The average molecular weight is 346 g/mol. The van der Waals surface area contributed by atoms with Gasteiger partial charge in [-0.25, -0.2) is 0 Å². The Balaban J connectivity index is -0.0000000450. The Labute approximate surface area is 111 Å². The van der Waals surface area contributed by atoms with E-state index in [2.05, 4.69) is 0 Å². The Kier molecular flexibility index (Phi) is 69.4. The van der Waals surface area contributed by atoms with Crippen LogP contribution in [0.15, 0.2) is 0 Å². The third-order valence-corrected chi connectivity index (χ3v) is 0.612. The summed E-state index contributed by atoms with van der Waals surface area (Å²) in [6, 6.07) is 0. The van der Waals surface area contributed by atoms with Crippen molar-refractivity contribution in [1.82, 2.24) is 0 Å². The maximum atomic E-state index is 9.30. The molecule has 0 amide bonds. The SMILES string of the molecule is CCC[O-].CCC[O-].CCC[O-].[Tm+3]. The van der Waals surface area contributed by atoms with Crippen molar-refractivity contribution >= 4 is 0 Å². The molecule has 0 unspecified atom stereocenters. The van der Waals surface area contributed by atoms with Crippen molar-refractivity contribution in [1.29, 1.82) is 0 Å². The zero-order chi connectivity index (χ0) is 10.2. The molecule has 0 fully saturated rings. The molecule has 88 valence electrons. The second-order valence-corrected chi connectivity index (χ2v) is 2.11. The van der Waals surface area contributed by atoms with Gasteiger partial charge in [-0.05, 0) is 0 Å². The van der Waals surface area contributed by atoms with Crippen molar-refractivity contribution in [3.63, 3.8) is 0 Å². The zero-order valence-corrected chi connectivity index (χ0v) is 10.5. The van der Waals surface area contributed by atoms with Crippen molar-refractivity contribution in [2.75, 3.05) is 19.8 Å². The molecule has 0 spiro atoms. The molecule has 0 radical (unpaired) electrons. The summed E-state index contributed by atoms with van der Waals surface area (Å²) in [4.78, 5) is 0. The first-order valence-electron chi connectivity index (χ1n) is 4.49. The molecule has 0 atom stereocenters. The third kappa shape index (κ3) is 95.7. The topological polar surface area (TPSA) is 69.2 Å². The van der Waals surface area contributed by atoms with Crippen molar-refractivity contribution in [3.8, 4) is 0 Å². The Morgan fingerprint density at radius 1 is 0.615 bits per heavy atom. The van der Waals surface area contributed by atoms with E-state index >= 15 is 0 Å². The van der Waals surface area contributed by atoms with E-state index in [1.54, 1.807) is 0 Å². The summed E-state index contributed by atoms with van der Waals surface area (Å²) in [6.45, 7) is 5.81. The molecule has 0 aromatic carbocycles. The fourth-order valence-electron chi connectivity index (χ4n) is 0. The second kappa shape index (κ2) is 38.0.